The van der Waals surface area contributed by atoms with Crippen LogP contribution < -0.4 is 15.5 Å². The average molecular weight is 434 g/mol. The maximum Gasteiger partial charge on any atom is 0.227 e. The number of carbonyl (C=O) groups is 2. The van der Waals surface area contributed by atoms with Crippen molar-refractivity contribution in [1.82, 2.24) is 24.8 Å². The number of benzene rings is 1. The Morgan fingerprint density at radius 3 is 2.69 bits per heavy atom. The first kappa shape index (κ1) is 21.5. The lowest BCUT2D eigenvalue weighted by atomic mass is 10.1. The molecule has 0 unspecified atom stereocenters. The van der Waals surface area contributed by atoms with E-state index in [4.69, 9.17) is 0 Å². The highest BCUT2D eigenvalue weighted by Gasteiger charge is 2.35. The molecule has 1 saturated heterocycles. The minimum atomic E-state index is -0.348. The molecule has 2 amide bonds. The Balaban J connectivity index is 1.27. The number of hydrogen-bond acceptors (Lipinski definition) is 6. The molecule has 1 atom stereocenters. The van der Waals surface area contributed by atoms with Crippen molar-refractivity contribution >= 4 is 23.3 Å². The van der Waals surface area contributed by atoms with Gasteiger partial charge in [-0.05, 0) is 44.0 Å². The highest BCUT2D eigenvalue weighted by Crippen LogP contribution is 2.26. The van der Waals surface area contributed by atoms with Gasteiger partial charge in [0.05, 0.1) is 5.92 Å². The molecule has 0 aliphatic carbocycles. The first-order chi connectivity index (χ1) is 15.4. The van der Waals surface area contributed by atoms with Gasteiger partial charge in [0.2, 0.25) is 11.8 Å². The third-order valence-electron chi connectivity index (χ3n) is 5.75. The fraction of sp³-hybridized carbons (Fsp3) is 0.348. The molecule has 166 valence electrons. The van der Waals surface area contributed by atoms with Crippen molar-refractivity contribution < 1.29 is 9.59 Å². The van der Waals surface area contributed by atoms with E-state index in [-0.39, 0.29) is 24.2 Å². The summed E-state index contributed by atoms with van der Waals surface area (Å²) in [6.07, 6.45) is 5.27. The number of hydrogen-bond donors (Lipinski definition) is 2. The Morgan fingerprint density at radius 1 is 1.09 bits per heavy atom. The Hall–Kier alpha value is -3.75. The van der Waals surface area contributed by atoms with Gasteiger partial charge in [-0.25, -0.2) is 15.0 Å². The van der Waals surface area contributed by atoms with E-state index in [0.29, 0.717) is 25.5 Å². The number of aromatic nitrogens is 4. The van der Waals surface area contributed by atoms with Crippen LogP contribution >= 0.6 is 0 Å². The summed E-state index contributed by atoms with van der Waals surface area (Å²) in [6, 6.07) is 7.77. The van der Waals surface area contributed by atoms with Gasteiger partial charge in [-0.2, -0.15) is 0 Å². The number of rotatable bonds is 7. The number of amides is 2. The molecule has 1 aromatic carbocycles. The molecule has 0 radical (unpaired) electrons. The Kier molecular flexibility index (Phi) is 6.16. The van der Waals surface area contributed by atoms with Crippen LogP contribution in [0.25, 0.3) is 5.82 Å². The van der Waals surface area contributed by atoms with Gasteiger partial charge in [-0.15, -0.1) is 0 Å². The van der Waals surface area contributed by atoms with Crippen molar-refractivity contribution in [3.8, 4) is 5.82 Å². The van der Waals surface area contributed by atoms with E-state index in [2.05, 4.69) is 25.6 Å². The highest BCUT2D eigenvalue weighted by molar-refractivity contribution is 6.00. The fourth-order valence-electron chi connectivity index (χ4n) is 3.74. The van der Waals surface area contributed by atoms with E-state index >= 15 is 0 Å². The number of carbonyl (C=O) groups excluding carboxylic acids is 2. The number of nitrogens with one attached hydrogen (secondary N) is 2. The zero-order chi connectivity index (χ0) is 22.7. The first-order valence-electron chi connectivity index (χ1n) is 10.6. The summed E-state index contributed by atoms with van der Waals surface area (Å²) in [5.74, 6) is 1.74. The number of nitrogens with zero attached hydrogens (tertiary/aromatic N) is 5. The minimum Gasteiger partial charge on any atom is -0.368 e. The zero-order valence-corrected chi connectivity index (χ0v) is 18.5. The van der Waals surface area contributed by atoms with Gasteiger partial charge in [0.25, 0.3) is 0 Å². The van der Waals surface area contributed by atoms with Crippen molar-refractivity contribution in [2.75, 3.05) is 29.9 Å². The molecular formula is C23H27N7O2. The van der Waals surface area contributed by atoms with Crippen LogP contribution in [0.1, 0.15) is 23.4 Å². The largest absolute Gasteiger partial charge is 0.368 e. The summed E-state index contributed by atoms with van der Waals surface area (Å²) in [5.41, 5.74) is 3.16. The van der Waals surface area contributed by atoms with Crippen LogP contribution in [0.2, 0.25) is 0 Å². The first-order valence-corrected chi connectivity index (χ1v) is 10.6. The summed E-state index contributed by atoms with van der Waals surface area (Å²) in [7, 11) is 0. The standard InChI is InChI=1S/C23H27N7O2/c1-15-4-5-19(10-16(15)2)30-13-18(11-22(30)31)23(32)26-7-6-25-20-12-21(28-14-27-20)29-9-8-24-17(29)3/h4-5,8-10,12,14,18H,6-7,11,13H2,1-3H3,(H,26,32)(H,25,27,28)/t18-/m0/s1. The van der Waals surface area contributed by atoms with Crippen LogP contribution in [0.4, 0.5) is 11.5 Å². The molecule has 32 heavy (non-hydrogen) atoms. The molecule has 1 aliphatic heterocycles. The molecule has 9 nitrogen and oxygen atoms in total. The van der Waals surface area contributed by atoms with Gasteiger partial charge in [0.1, 0.15) is 23.8 Å². The van der Waals surface area contributed by atoms with Crippen molar-refractivity contribution in [2.24, 2.45) is 5.92 Å². The fourth-order valence-corrected chi connectivity index (χ4v) is 3.74. The molecule has 1 fully saturated rings. The van der Waals surface area contributed by atoms with Crippen LogP contribution in [-0.4, -0.2) is 51.0 Å². The Bertz CT molecular complexity index is 1140. The topological polar surface area (TPSA) is 105 Å². The number of anilines is 2. The van der Waals surface area contributed by atoms with Gasteiger partial charge in [0, 0.05) is 50.2 Å². The predicted octanol–water partition coefficient (Wildman–Crippen LogP) is 2.17. The quantitative estimate of drug-likeness (QED) is 0.554. The van der Waals surface area contributed by atoms with E-state index < -0.39 is 0 Å². The summed E-state index contributed by atoms with van der Waals surface area (Å²) in [4.78, 5) is 39.5. The molecule has 0 saturated carbocycles. The van der Waals surface area contributed by atoms with Gasteiger partial charge in [-0.3, -0.25) is 14.2 Å². The monoisotopic (exact) mass is 433 g/mol. The van der Waals surface area contributed by atoms with E-state index in [1.165, 1.54) is 11.9 Å². The van der Waals surface area contributed by atoms with Crippen LogP contribution in [0.3, 0.4) is 0 Å². The maximum atomic E-state index is 12.6. The normalized spacial score (nSPS) is 15.8. The highest BCUT2D eigenvalue weighted by atomic mass is 16.2. The molecule has 9 heteroatoms. The third kappa shape index (κ3) is 4.61. The number of imidazole rings is 1. The summed E-state index contributed by atoms with van der Waals surface area (Å²) in [6.45, 7) is 7.30. The summed E-state index contributed by atoms with van der Waals surface area (Å²) < 4.78 is 1.87. The van der Waals surface area contributed by atoms with Crippen molar-refractivity contribution in [1.29, 1.82) is 0 Å². The van der Waals surface area contributed by atoms with Crippen molar-refractivity contribution in [2.45, 2.75) is 27.2 Å². The van der Waals surface area contributed by atoms with E-state index in [1.807, 2.05) is 55.8 Å². The van der Waals surface area contributed by atoms with Crippen molar-refractivity contribution in [3.05, 3.63) is 59.9 Å². The SMILES string of the molecule is Cc1ccc(N2C[C@@H](C(=O)NCCNc3cc(-n4ccnc4C)ncn3)CC2=O)cc1C. The molecule has 3 heterocycles. The molecule has 2 N–H and O–H groups in total. The van der Waals surface area contributed by atoms with Crippen LogP contribution in [-0.2, 0) is 9.59 Å². The second-order valence-corrected chi connectivity index (χ2v) is 8.00. The van der Waals surface area contributed by atoms with E-state index in [0.717, 1.165) is 22.9 Å². The lowest BCUT2D eigenvalue weighted by Crippen LogP contribution is -2.35. The Labute approximate surface area is 186 Å². The van der Waals surface area contributed by atoms with Crippen LogP contribution in [0.5, 0.6) is 0 Å². The smallest absolute Gasteiger partial charge is 0.227 e. The van der Waals surface area contributed by atoms with Gasteiger partial charge < -0.3 is 15.5 Å². The molecule has 1 aliphatic rings. The van der Waals surface area contributed by atoms with Gasteiger partial charge in [-0.1, -0.05) is 6.07 Å². The summed E-state index contributed by atoms with van der Waals surface area (Å²) in [5, 5.41) is 6.11. The predicted molar refractivity (Wildman–Crippen MR) is 122 cm³/mol. The van der Waals surface area contributed by atoms with Gasteiger partial charge in [0.15, 0.2) is 0 Å². The third-order valence-corrected chi connectivity index (χ3v) is 5.75. The van der Waals surface area contributed by atoms with Crippen molar-refractivity contribution in [3.63, 3.8) is 0 Å². The summed E-state index contributed by atoms with van der Waals surface area (Å²) >= 11 is 0. The zero-order valence-electron chi connectivity index (χ0n) is 18.5. The second-order valence-electron chi connectivity index (χ2n) is 8.00. The molecule has 3 aromatic rings. The van der Waals surface area contributed by atoms with E-state index in [9.17, 15) is 9.59 Å². The molecule has 0 spiro atoms. The minimum absolute atomic E-state index is 0.0187. The number of aryl methyl sites for hydroxylation is 3. The molecule has 0 bridgehead atoms. The second kappa shape index (κ2) is 9.17. The lowest BCUT2D eigenvalue weighted by molar-refractivity contribution is -0.126. The Morgan fingerprint density at radius 2 is 1.94 bits per heavy atom. The molecular weight excluding hydrogens is 406 g/mol. The molecule has 4 rings (SSSR count). The van der Waals surface area contributed by atoms with Crippen LogP contribution in [0.15, 0.2) is 43.0 Å². The van der Waals surface area contributed by atoms with Crippen LogP contribution in [0, 0.1) is 26.7 Å². The van der Waals surface area contributed by atoms with E-state index in [1.54, 1.807) is 11.1 Å². The maximum absolute atomic E-state index is 12.6. The average Bonchev–Trinajstić information content (AvgIpc) is 3.39. The van der Waals surface area contributed by atoms with Gasteiger partial charge >= 0.3 is 0 Å². The molecule has 2 aromatic heterocycles. The lowest BCUT2D eigenvalue weighted by Gasteiger charge is -2.18.